The number of hydrogen-bond acceptors (Lipinski definition) is 6. The summed E-state index contributed by atoms with van der Waals surface area (Å²) in [6.07, 6.45) is 5.79. The Labute approximate surface area is 190 Å². The van der Waals surface area contributed by atoms with Crippen molar-refractivity contribution in [2.24, 2.45) is 0 Å². The third-order valence-electron chi connectivity index (χ3n) is 5.57. The fourth-order valence-corrected chi connectivity index (χ4v) is 3.77. The quantitative estimate of drug-likeness (QED) is 0.457. The van der Waals surface area contributed by atoms with Gasteiger partial charge in [0.15, 0.2) is 11.5 Å². The SMILES string of the molecule is CCn1cc(C(=O)NCCCCCC(=O)NCc2ccco2)c(=O)c2cc3c(cc21)OCO3. The van der Waals surface area contributed by atoms with Gasteiger partial charge in [0.2, 0.25) is 18.1 Å². The molecular weight excluding hydrogens is 426 g/mol. The highest BCUT2D eigenvalue weighted by atomic mass is 16.7. The van der Waals surface area contributed by atoms with Crippen molar-refractivity contribution < 1.29 is 23.5 Å². The van der Waals surface area contributed by atoms with E-state index in [9.17, 15) is 14.4 Å². The third kappa shape index (κ3) is 5.19. The van der Waals surface area contributed by atoms with E-state index in [0.717, 1.165) is 6.42 Å². The van der Waals surface area contributed by atoms with Crippen molar-refractivity contribution in [3.8, 4) is 11.5 Å². The van der Waals surface area contributed by atoms with Gasteiger partial charge >= 0.3 is 0 Å². The molecule has 0 atom stereocenters. The Bertz CT molecular complexity index is 1200. The van der Waals surface area contributed by atoms with E-state index < -0.39 is 5.91 Å². The van der Waals surface area contributed by atoms with Crippen molar-refractivity contribution in [1.82, 2.24) is 15.2 Å². The molecule has 0 fully saturated rings. The zero-order valence-corrected chi connectivity index (χ0v) is 18.5. The molecule has 2 aromatic heterocycles. The molecule has 2 N–H and O–H groups in total. The number of benzene rings is 1. The summed E-state index contributed by atoms with van der Waals surface area (Å²) >= 11 is 0. The first kappa shape index (κ1) is 22.4. The van der Waals surface area contributed by atoms with Gasteiger partial charge in [-0.25, -0.2) is 0 Å². The zero-order chi connectivity index (χ0) is 23.2. The molecule has 0 spiro atoms. The van der Waals surface area contributed by atoms with Crippen molar-refractivity contribution in [3.63, 3.8) is 0 Å². The van der Waals surface area contributed by atoms with E-state index in [1.54, 1.807) is 30.7 Å². The van der Waals surface area contributed by atoms with Crippen LogP contribution in [0.5, 0.6) is 11.5 Å². The number of ether oxygens (including phenoxy) is 2. The fraction of sp³-hybridized carbons (Fsp3) is 0.375. The van der Waals surface area contributed by atoms with E-state index in [4.69, 9.17) is 13.9 Å². The average Bonchev–Trinajstić information content (AvgIpc) is 3.50. The number of unbranched alkanes of at least 4 members (excludes halogenated alkanes) is 2. The molecule has 0 unspecified atom stereocenters. The standard InChI is InChI=1S/C24H27N3O6/c1-2-27-14-18(23(29)17-11-20-21(12-19(17)27)33-15-32-20)24(30)25-9-5-3-4-8-22(28)26-13-16-7-6-10-31-16/h6-7,10-12,14H,2-5,8-9,13,15H2,1H3,(H,25,30)(H,26,28). The molecule has 0 radical (unpaired) electrons. The van der Waals surface area contributed by atoms with Gasteiger partial charge in [0, 0.05) is 31.8 Å². The largest absolute Gasteiger partial charge is 0.467 e. The lowest BCUT2D eigenvalue weighted by Gasteiger charge is -2.12. The van der Waals surface area contributed by atoms with Crippen molar-refractivity contribution in [2.75, 3.05) is 13.3 Å². The van der Waals surface area contributed by atoms with E-state index >= 15 is 0 Å². The van der Waals surface area contributed by atoms with Crippen LogP contribution in [0.4, 0.5) is 0 Å². The topological polar surface area (TPSA) is 112 Å². The maximum Gasteiger partial charge on any atom is 0.256 e. The van der Waals surface area contributed by atoms with Crippen molar-refractivity contribution in [3.05, 3.63) is 58.3 Å². The lowest BCUT2D eigenvalue weighted by molar-refractivity contribution is -0.121. The minimum atomic E-state index is -0.405. The van der Waals surface area contributed by atoms with Crippen LogP contribution < -0.4 is 25.5 Å². The number of fused-ring (bicyclic) bond motifs is 2. The smallest absolute Gasteiger partial charge is 0.256 e. The molecular formula is C24H27N3O6. The van der Waals surface area contributed by atoms with Crippen LogP contribution in [-0.2, 0) is 17.9 Å². The second kappa shape index (κ2) is 10.2. The number of aromatic nitrogens is 1. The van der Waals surface area contributed by atoms with Crippen LogP contribution in [0, 0.1) is 0 Å². The number of nitrogens with zero attached hydrogens (tertiary/aromatic N) is 1. The summed E-state index contributed by atoms with van der Waals surface area (Å²) in [5, 5.41) is 6.05. The number of carbonyl (C=O) groups is 2. The third-order valence-corrected chi connectivity index (χ3v) is 5.57. The summed E-state index contributed by atoms with van der Waals surface area (Å²) in [4.78, 5) is 37.5. The highest BCUT2D eigenvalue weighted by Crippen LogP contribution is 2.35. The van der Waals surface area contributed by atoms with Crippen molar-refractivity contribution in [2.45, 2.75) is 45.7 Å². The maximum atomic E-state index is 13.0. The molecule has 174 valence electrons. The number of pyridine rings is 1. The van der Waals surface area contributed by atoms with E-state index in [2.05, 4.69) is 10.6 Å². The lowest BCUT2D eigenvalue weighted by Crippen LogP contribution is -2.30. The second-order valence-electron chi connectivity index (χ2n) is 7.80. The molecule has 3 heterocycles. The molecule has 4 rings (SSSR count). The van der Waals surface area contributed by atoms with Crippen LogP contribution in [0.2, 0.25) is 0 Å². The minimum Gasteiger partial charge on any atom is -0.467 e. The number of aryl methyl sites for hydroxylation is 1. The van der Waals surface area contributed by atoms with Gasteiger partial charge in [-0.2, -0.15) is 0 Å². The highest BCUT2D eigenvalue weighted by Gasteiger charge is 2.20. The number of rotatable bonds is 10. The first-order chi connectivity index (χ1) is 16.1. The highest BCUT2D eigenvalue weighted by molar-refractivity contribution is 5.97. The van der Waals surface area contributed by atoms with Crippen LogP contribution in [0.3, 0.4) is 0 Å². The summed E-state index contributed by atoms with van der Waals surface area (Å²) in [7, 11) is 0. The van der Waals surface area contributed by atoms with Gasteiger partial charge in [-0.3, -0.25) is 14.4 Å². The van der Waals surface area contributed by atoms with Gasteiger partial charge in [0.05, 0.1) is 23.7 Å². The maximum absolute atomic E-state index is 13.0. The first-order valence-electron chi connectivity index (χ1n) is 11.1. The molecule has 33 heavy (non-hydrogen) atoms. The number of nitrogens with one attached hydrogen (secondary N) is 2. The van der Waals surface area contributed by atoms with Crippen molar-refractivity contribution in [1.29, 1.82) is 0 Å². The average molecular weight is 453 g/mol. The molecule has 0 aliphatic carbocycles. The Morgan fingerprint density at radius 2 is 1.91 bits per heavy atom. The molecule has 1 aliphatic heterocycles. The van der Waals surface area contributed by atoms with E-state index in [1.165, 1.54) is 0 Å². The molecule has 9 heteroatoms. The van der Waals surface area contributed by atoms with Gasteiger partial charge in [-0.15, -0.1) is 0 Å². The molecule has 1 aliphatic rings. The fourth-order valence-electron chi connectivity index (χ4n) is 3.77. The normalized spacial score (nSPS) is 12.2. The van der Waals surface area contributed by atoms with Gasteiger partial charge in [-0.1, -0.05) is 6.42 Å². The Kier molecular flexibility index (Phi) is 6.97. The monoisotopic (exact) mass is 453 g/mol. The summed E-state index contributed by atoms with van der Waals surface area (Å²) < 4.78 is 17.8. The van der Waals surface area contributed by atoms with Gasteiger partial charge in [0.1, 0.15) is 11.3 Å². The molecule has 2 amide bonds. The van der Waals surface area contributed by atoms with E-state index in [1.807, 2.05) is 17.6 Å². The number of furan rings is 1. The van der Waals surface area contributed by atoms with Crippen LogP contribution in [0.1, 0.15) is 48.7 Å². The summed E-state index contributed by atoms with van der Waals surface area (Å²) in [5.74, 6) is 1.38. The molecule has 0 saturated heterocycles. The Balaban J connectivity index is 1.27. The van der Waals surface area contributed by atoms with Gasteiger partial charge in [0.25, 0.3) is 5.91 Å². The molecule has 0 saturated carbocycles. The second-order valence-corrected chi connectivity index (χ2v) is 7.80. The lowest BCUT2D eigenvalue weighted by atomic mass is 10.1. The summed E-state index contributed by atoms with van der Waals surface area (Å²) in [6.45, 7) is 3.47. The summed E-state index contributed by atoms with van der Waals surface area (Å²) in [6, 6.07) is 7.00. The van der Waals surface area contributed by atoms with Crippen molar-refractivity contribution >= 4 is 22.7 Å². The van der Waals surface area contributed by atoms with Crippen LogP contribution >= 0.6 is 0 Å². The Hall–Kier alpha value is -3.75. The van der Waals surface area contributed by atoms with Gasteiger partial charge in [-0.05, 0) is 38.0 Å². The summed E-state index contributed by atoms with van der Waals surface area (Å²) in [5.41, 5.74) is 0.466. The number of hydrogen-bond donors (Lipinski definition) is 2. The molecule has 0 bridgehead atoms. The van der Waals surface area contributed by atoms with E-state index in [0.29, 0.717) is 67.1 Å². The first-order valence-corrected chi connectivity index (χ1v) is 11.1. The number of carbonyl (C=O) groups excluding carboxylic acids is 2. The van der Waals surface area contributed by atoms with Crippen LogP contribution in [0.15, 0.2) is 45.9 Å². The molecule has 1 aromatic carbocycles. The Morgan fingerprint density at radius 3 is 2.67 bits per heavy atom. The van der Waals surface area contributed by atoms with E-state index in [-0.39, 0.29) is 23.7 Å². The predicted octanol–water partition coefficient (Wildman–Crippen LogP) is 2.95. The van der Waals surface area contributed by atoms with Crippen LogP contribution in [-0.4, -0.2) is 29.7 Å². The van der Waals surface area contributed by atoms with Crippen LogP contribution in [0.25, 0.3) is 10.9 Å². The molecule has 3 aromatic rings. The predicted molar refractivity (Wildman–Crippen MR) is 121 cm³/mol. The molecule has 9 nitrogen and oxygen atoms in total. The number of amides is 2. The Morgan fingerprint density at radius 1 is 1.09 bits per heavy atom. The zero-order valence-electron chi connectivity index (χ0n) is 18.5. The van der Waals surface area contributed by atoms with Gasteiger partial charge < -0.3 is 29.1 Å². The minimum absolute atomic E-state index is 0.0346.